The van der Waals surface area contributed by atoms with Gasteiger partial charge in [0.1, 0.15) is 0 Å². The lowest BCUT2D eigenvalue weighted by Gasteiger charge is -2.30. The van der Waals surface area contributed by atoms with E-state index in [2.05, 4.69) is 0 Å². The third kappa shape index (κ3) is 2.33. The first kappa shape index (κ1) is 12.5. The average molecular weight is 262 g/mol. The zero-order valence-electron chi connectivity index (χ0n) is 11.2. The Morgan fingerprint density at radius 2 is 2.00 bits per heavy atom. The maximum atomic E-state index is 9.93. The summed E-state index contributed by atoms with van der Waals surface area (Å²) >= 11 is 0. The lowest BCUT2D eigenvalue weighted by Crippen LogP contribution is -2.28. The van der Waals surface area contributed by atoms with Crippen molar-refractivity contribution in [2.75, 3.05) is 13.4 Å². The molecule has 0 aromatic heterocycles. The first-order chi connectivity index (χ1) is 9.15. The fraction of sp³-hybridized carbons (Fsp3) is 0.467. The highest BCUT2D eigenvalue weighted by Crippen LogP contribution is 2.38. The molecule has 2 atom stereocenters. The molecular weight excluding hydrogens is 244 g/mol. The van der Waals surface area contributed by atoms with Crippen LogP contribution in [0, 0.1) is 0 Å². The van der Waals surface area contributed by atoms with E-state index in [1.165, 1.54) is 5.57 Å². The summed E-state index contributed by atoms with van der Waals surface area (Å²) in [7, 11) is 0. The van der Waals surface area contributed by atoms with Gasteiger partial charge >= 0.3 is 0 Å². The van der Waals surface area contributed by atoms with Gasteiger partial charge in [0.05, 0.1) is 18.8 Å². The SMILES string of the molecule is CC(C)=C1C[C@H](c2ccc3c(c2)OCO3)OC[C@H]1O. The van der Waals surface area contributed by atoms with Crippen molar-refractivity contribution in [1.82, 2.24) is 0 Å². The van der Waals surface area contributed by atoms with E-state index in [9.17, 15) is 5.11 Å². The molecule has 0 bridgehead atoms. The van der Waals surface area contributed by atoms with Crippen molar-refractivity contribution in [3.8, 4) is 11.5 Å². The van der Waals surface area contributed by atoms with Crippen LogP contribution in [-0.2, 0) is 4.74 Å². The van der Waals surface area contributed by atoms with Gasteiger partial charge in [-0.2, -0.15) is 0 Å². The molecule has 1 N–H and O–H groups in total. The van der Waals surface area contributed by atoms with Crippen LogP contribution in [0.5, 0.6) is 11.5 Å². The Balaban J connectivity index is 1.85. The van der Waals surface area contributed by atoms with Crippen LogP contribution in [0.3, 0.4) is 0 Å². The van der Waals surface area contributed by atoms with E-state index in [1.807, 2.05) is 32.0 Å². The largest absolute Gasteiger partial charge is 0.454 e. The van der Waals surface area contributed by atoms with Gasteiger partial charge in [-0.15, -0.1) is 0 Å². The van der Waals surface area contributed by atoms with Gasteiger partial charge in [0.15, 0.2) is 11.5 Å². The van der Waals surface area contributed by atoms with Gasteiger partial charge in [-0.1, -0.05) is 11.6 Å². The first-order valence-corrected chi connectivity index (χ1v) is 6.50. The highest BCUT2D eigenvalue weighted by atomic mass is 16.7. The molecule has 0 aliphatic carbocycles. The number of aliphatic hydroxyl groups excluding tert-OH is 1. The van der Waals surface area contributed by atoms with E-state index in [-0.39, 0.29) is 12.9 Å². The molecule has 0 spiro atoms. The second kappa shape index (κ2) is 4.87. The van der Waals surface area contributed by atoms with Crippen molar-refractivity contribution in [3.63, 3.8) is 0 Å². The lowest BCUT2D eigenvalue weighted by molar-refractivity contribution is -0.0281. The minimum absolute atomic E-state index is 0.0252. The van der Waals surface area contributed by atoms with E-state index < -0.39 is 6.10 Å². The summed E-state index contributed by atoms with van der Waals surface area (Å²) in [6, 6.07) is 5.88. The number of hydrogen-bond donors (Lipinski definition) is 1. The van der Waals surface area contributed by atoms with E-state index in [0.717, 1.165) is 29.1 Å². The van der Waals surface area contributed by atoms with Gasteiger partial charge in [0.2, 0.25) is 6.79 Å². The van der Waals surface area contributed by atoms with Gasteiger partial charge in [-0.25, -0.2) is 0 Å². The van der Waals surface area contributed by atoms with Gasteiger partial charge < -0.3 is 19.3 Å². The van der Waals surface area contributed by atoms with Crippen LogP contribution < -0.4 is 9.47 Å². The topological polar surface area (TPSA) is 47.9 Å². The maximum Gasteiger partial charge on any atom is 0.231 e. The molecule has 19 heavy (non-hydrogen) atoms. The summed E-state index contributed by atoms with van der Waals surface area (Å²) in [6.07, 6.45) is 0.224. The molecule has 0 radical (unpaired) electrons. The molecule has 1 aromatic rings. The molecule has 2 heterocycles. The predicted octanol–water partition coefficient (Wildman–Crippen LogP) is 2.57. The first-order valence-electron chi connectivity index (χ1n) is 6.50. The number of ether oxygens (including phenoxy) is 3. The molecule has 3 rings (SSSR count). The molecule has 0 unspecified atom stereocenters. The Bertz CT molecular complexity index is 517. The molecule has 4 heteroatoms. The van der Waals surface area contributed by atoms with Crippen LogP contribution in [0.25, 0.3) is 0 Å². The van der Waals surface area contributed by atoms with Crippen molar-refractivity contribution in [3.05, 3.63) is 34.9 Å². The molecule has 1 saturated heterocycles. The predicted molar refractivity (Wildman–Crippen MR) is 70.3 cm³/mol. The summed E-state index contributed by atoms with van der Waals surface area (Å²) in [4.78, 5) is 0. The van der Waals surface area contributed by atoms with Crippen LogP contribution in [0.2, 0.25) is 0 Å². The Morgan fingerprint density at radius 1 is 1.21 bits per heavy atom. The van der Waals surface area contributed by atoms with E-state index >= 15 is 0 Å². The third-order valence-electron chi connectivity index (χ3n) is 3.67. The van der Waals surface area contributed by atoms with Crippen LogP contribution in [-0.4, -0.2) is 24.6 Å². The van der Waals surface area contributed by atoms with Crippen molar-refractivity contribution in [2.45, 2.75) is 32.5 Å². The highest BCUT2D eigenvalue weighted by molar-refractivity contribution is 5.45. The van der Waals surface area contributed by atoms with Gasteiger partial charge in [-0.05, 0) is 37.1 Å². The van der Waals surface area contributed by atoms with Crippen molar-refractivity contribution < 1.29 is 19.3 Å². The number of hydrogen-bond acceptors (Lipinski definition) is 4. The molecule has 1 fully saturated rings. The molecule has 4 nitrogen and oxygen atoms in total. The Hall–Kier alpha value is -1.52. The molecule has 2 aliphatic heterocycles. The fourth-order valence-corrected chi connectivity index (χ4v) is 2.57. The molecule has 102 valence electrons. The van der Waals surface area contributed by atoms with Crippen LogP contribution in [0.1, 0.15) is 31.9 Å². The second-order valence-electron chi connectivity index (χ2n) is 5.18. The third-order valence-corrected chi connectivity index (χ3v) is 3.67. The van der Waals surface area contributed by atoms with E-state index in [0.29, 0.717) is 6.61 Å². The summed E-state index contributed by atoms with van der Waals surface area (Å²) in [5, 5.41) is 9.93. The molecule has 0 amide bonds. The number of aliphatic hydroxyl groups is 1. The Morgan fingerprint density at radius 3 is 2.79 bits per heavy atom. The highest BCUT2D eigenvalue weighted by Gasteiger charge is 2.27. The minimum Gasteiger partial charge on any atom is -0.454 e. The number of benzene rings is 1. The zero-order chi connectivity index (χ0) is 13.4. The standard InChI is InChI=1S/C15H18O4/c1-9(2)11-6-14(17-7-12(11)16)10-3-4-13-15(5-10)19-8-18-13/h3-5,12,14,16H,6-8H2,1-2H3/t12-,14-/m1/s1. The van der Waals surface area contributed by atoms with Crippen molar-refractivity contribution in [1.29, 1.82) is 0 Å². The molecule has 0 saturated carbocycles. The minimum atomic E-state index is -0.477. The van der Waals surface area contributed by atoms with Crippen LogP contribution >= 0.6 is 0 Å². The quantitative estimate of drug-likeness (QED) is 0.790. The molecule has 1 aromatic carbocycles. The number of rotatable bonds is 1. The summed E-state index contributed by atoms with van der Waals surface area (Å²) < 4.78 is 16.4. The van der Waals surface area contributed by atoms with E-state index in [1.54, 1.807) is 0 Å². The van der Waals surface area contributed by atoms with Crippen LogP contribution in [0.4, 0.5) is 0 Å². The van der Waals surface area contributed by atoms with Gasteiger partial charge in [0.25, 0.3) is 0 Å². The number of allylic oxidation sites excluding steroid dienone is 1. The monoisotopic (exact) mass is 262 g/mol. The van der Waals surface area contributed by atoms with Gasteiger partial charge in [-0.3, -0.25) is 0 Å². The van der Waals surface area contributed by atoms with Crippen LogP contribution in [0.15, 0.2) is 29.3 Å². The normalized spacial score (nSPS) is 25.5. The fourth-order valence-electron chi connectivity index (χ4n) is 2.57. The Kier molecular flexibility index (Phi) is 3.21. The summed E-state index contributed by atoms with van der Waals surface area (Å²) in [5.41, 5.74) is 3.31. The second-order valence-corrected chi connectivity index (χ2v) is 5.18. The van der Waals surface area contributed by atoms with E-state index in [4.69, 9.17) is 14.2 Å². The maximum absolute atomic E-state index is 9.93. The molecular formula is C15H18O4. The van der Waals surface area contributed by atoms with Crippen molar-refractivity contribution in [2.24, 2.45) is 0 Å². The zero-order valence-corrected chi connectivity index (χ0v) is 11.2. The average Bonchev–Trinajstić information content (AvgIpc) is 2.86. The lowest BCUT2D eigenvalue weighted by atomic mass is 9.92. The molecule has 2 aliphatic rings. The Labute approximate surface area is 112 Å². The van der Waals surface area contributed by atoms with Gasteiger partial charge in [0, 0.05) is 6.42 Å². The smallest absolute Gasteiger partial charge is 0.231 e. The summed E-state index contributed by atoms with van der Waals surface area (Å²) in [5.74, 6) is 1.55. The number of fused-ring (bicyclic) bond motifs is 1. The summed E-state index contributed by atoms with van der Waals surface area (Å²) in [6.45, 7) is 4.68. The van der Waals surface area contributed by atoms with Crippen molar-refractivity contribution >= 4 is 0 Å².